The molecule has 0 saturated carbocycles. The van der Waals surface area contributed by atoms with Crippen molar-refractivity contribution < 1.29 is 28.2 Å². The summed E-state index contributed by atoms with van der Waals surface area (Å²) in [5.41, 5.74) is -0.559. The SMILES string of the molecule is O=C(O)Cc1cc(F)c(NC(=O)C2CCCOC2)cc1F. The van der Waals surface area contributed by atoms with Crippen LogP contribution in [-0.2, 0) is 20.7 Å². The molecule has 1 fully saturated rings. The fourth-order valence-corrected chi connectivity index (χ4v) is 2.16. The summed E-state index contributed by atoms with van der Waals surface area (Å²) >= 11 is 0. The number of rotatable bonds is 4. The van der Waals surface area contributed by atoms with E-state index in [4.69, 9.17) is 9.84 Å². The van der Waals surface area contributed by atoms with E-state index in [2.05, 4.69) is 5.32 Å². The predicted octanol–water partition coefficient (Wildman–Crippen LogP) is 1.96. The second kappa shape index (κ2) is 6.62. The Morgan fingerprint density at radius 1 is 1.33 bits per heavy atom. The first-order valence-electron chi connectivity index (χ1n) is 6.55. The summed E-state index contributed by atoms with van der Waals surface area (Å²) < 4.78 is 32.6. The van der Waals surface area contributed by atoms with Crippen LogP contribution in [0.25, 0.3) is 0 Å². The number of nitrogens with one attached hydrogen (secondary N) is 1. The Morgan fingerprint density at radius 3 is 2.71 bits per heavy atom. The van der Waals surface area contributed by atoms with Crippen molar-refractivity contribution in [2.45, 2.75) is 19.3 Å². The van der Waals surface area contributed by atoms with Crippen LogP contribution in [0.15, 0.2) is 12.1 Å². The summed E-state index contributed by atoms with van der Waals surface area (Å²) in [6.45, 7) is 0.851. The Labute approximate surface area is 119 Å². The highest BCUT2D eigenvalue weighted by molar-refractivity contribution is 5.92. The van der Waals surface area contributed by atoms with Crippen molar-refractivity contribution in [1.82, 2.24) is 0 Å². The molecule has 2 N–H and O–H groups in total. The third kappa shape index (κ3) is 3.98. The lowest BCUT2D eigenvalue weighted by Crippen LogP contribution is -2.30. The fraction of sp³-hybridized carbons (Fsp3) is 0.429. The number of hydrogen-bond acceptors (Lipinski definition) is 3. The van der Waals surface area contributed by atoms with Gasteiger partial charge < -0.3 is 15.2 Å². The van der Waals surface area contributed by atoms with Crippen molar-refractivity contribution in [3.8, 4) is 0 Å². The smallest absolute Gasteiger partial charge is 0.307 e. The normalized spacial score (nSPS) is 18.3. The van der Waals surface area contributed by atoms with Gasteiger partial charge in [0.2, 0.25) is 5.91 Å². The summed E-state index contributed by atoms with van der Waals surface area (Å²) in [6.07, 6.45) is 0.757. The Morgan fingerprint density at radius 2 is 2.10 bits per heavy atom. The van der Waals surface area contributed by atoms with Crippen LogP contribution in [-0.4, -0.2) is 30.2 Å². The maximum absolute atomic E-state index is 13.8. The van der Waals surface area contributed by atoms with Crippen molar-refractivity contribution in [3.63, 3.8) is 0 Å². The number of carboxylic acid groups (broad SMARTS) is 1. The van der Waals surface area contributed by atoms with Gasteiger partial charge in [-0.3, -0.25) is 9.59 Å². The predicted molar refractivity (Wildman–Crippen MR) is 69.9 cm³/mol. The third-order valence-electron chi connectivity index (χ3n) is 3.27. The molecule has 114 valence electrons. The van der Waals surface area contributed by atoms with Crippen molar-refractivity contribution in [2.24, 2.45) is 5.92 Å². The van der Waals surface area contributed by atoms with E-state index in [1.165, 1.54) is 0 Å². The molecule has 2 rings (SSSR count). The number of anilines is 1. The number of amides is 1. The van der Waals surface area contributed by atoms with E-state index in [1.54, 1.807) is 0 Å². The monoisotopic (exact) mass is 299 g/mol. The number of benzene rings is 1. The fourth-order valence-electron chi connectivity index (χ4n) is 2.16. The third-order valence-corrected chi connectivity index (χ3v) is 3.27. The summed E-state index contributed by atoms with van der Waals surface area (Å²) in [7, 11) is 0. The first-order valence-corrected chi connectivity index (χ1v) is 6.55. The Bertz CT molecular complexity index is 556. The molecule has 1 aliphatic rings. The van der Waals surface area contributed by atoms with E-state index < -0.39 is 29.9 Å². The zero-order valence-electron chi connectivity index (χ0n) is 11.2. The molecular weight excluding hydrogens is 284 g/mol. The van der Waals surface area contributed by atoms with Gasteiger partial charge in [-0.25, -0.2) is 8.78 Å². The number of halogens is 2. The maximum atomic E-state index is 13.8. The zero-order chi connectivity index (χ0) is 15.4. The van der Waals surface area contributed by atoms with E-state index in [9.17, 15) is 18.4 Å². The van der Waals surface area contributed by atoms with Gasteiger partial charge in [0.1, 0.15) is 11.6 Å². The minimum absolute atomic E-state index is 0.257. The van der Waals surface area contributed by atoms with Crippen LogP contribution < -0.4 is 5.32 Å². The van der Waals surface area contributed by atoms with Gasteiger partial charge in [0.25, 0.3) is 0 Å². The van der Waals surface area contributed by atoms with Gasteiger partial charge in [-0.15, -0.1) is 0 Å². The van der Waals surface area contributed by atoms with Crippen molar-refractivity contribution in [1.29, 1.82) is 0 Å². The molecule has 1 heterocycles. The highest BCUT2D eigenvalue weighted by Crippen LogP contribution is 2.22. The lowest BCUT2D eigenvalue weighted by molar-refractivity contribution is -0.136. The molecule has 1 saturated heterocycles. The van der Waals surface area contributed by atoms with Gasteiger partial charge in [0, 0.05) is 18.2 Å². The molecule has 1 aromatic carbocycles. The van der Waals surface area contributed by atoms with Crippen LogP contribution >= 0.6 is 0 Å². The van der Waals surface area contributed by atoms with Crippen LogP contribution in [0.1, 0.15) is 18.4 Å². The maximum Gasteiger partial charge on any atom is 0.307 e. The molecule has 7 heteroatoms. The quantitative estimate of drug-likeness (QED) is 0.891. The molecule has 0 aliphatic carbocycles. The van der Waals surface area contributed by atoms with E-state index in [1.807, 2.05) is 0 Å². The first kappa shape index (κ1) is 15.4. The standard InChI is InChI=1S/C14H15F2NO4/c15-10-6-12(11(16)4-9(10)5-13(18)19)17-14(20)8-2-1-3-21-7-8/h4,6,8H,1-3,5,7H2,(H,17,20)(H,18,19). The van der Waals surface area contributed by atoms with Crippen LogP contribution in [0, 0.1) is 17.6 Å². The molecule has 1 atom stereocenters. The molecule has 21 heavy (non-hydrogen) atoms. The molecule has 1 aromatic rings. The highest BCUT2D eigenvalue weighted by atomic mass is 19.1. The molecule has 1 aliphatic heterocycles. The molecule has 0 aromatic heterocycles. The molecule has 1 unspecified atom stereocenters. The Kier molecular flexibility index (Phi) is 4.85. The van der Waals surface area contributed by atoms with E-state index in [0.29, 0.717) is 13.0 Å². The number of carboxylic acids is 1. The summed E-state index contributed by atoms with van der Waals surface area (Å²) in [5, 5.41) is 10.9. The van der Waals surface area contributed by atoms with Crippen molar-refractivity contribution in [2.75, 3.05) is 18.5 Å². The topological polar surface area (TPSA) is 75.6 Å². The summed E-state index contributed by atoms with van der Waals surface area (Å²) in [6, 6.07) is 1.59. The minimum Gasteiger partial charge on any atom is -0.481 e. The van der Waals surface area contributed by atoms with Crippen LogP contribution in [0.3, 0.4) is 0 Å². The van der Waals surface area contributed by atoms with E-state index in [0.717, 1.165) is 18.6 Å². The average Bonchev–Trinajstić information content (AvgIpc) is 2.44. The van der Waals surface area contributed by atoms with Crippen LogP contribution in [0.5, 0.6) is 0 Å². The second-order valence-corrected chi connectivity index (χ2v) is 4.90. The number of carbonyl (C=O) groups excluding carboxylic acids is 1. The summed E-state index contributed by atoms with van der Waals surface area (Å²) in [4.78, 5) is 22.4. The largest absolute Gasteiger partial charge is 0.481 e. The molecule has 5 nitrogen and oxygen atoms in total. The number of carbonyl (C=O) groups is 2. The molecular formula is C14H15F2NO4. The molecule has 1 amide bonds. The van der Waals surface area contributed by atoms with Crippen molar-refractivity contribution >= 4 is 17.6 Å². The van der Waals surface area contributed by atoms with Gasteiger partial charge >= 0.3 is 5.97 Å². The zero-order valence-corrected chi connectivity index (χ0v) is 11.2. The lowest BCUT2D eigenvalue weighted by Gasteiger charge is -2.21. The van der Waals surface area contributed by atoms with Gasteiger partial charge in [0.05, 0.1) is 24.6 Å². The van der Waals surface area contributed by atoms with Gasteiger partial charge in [0.15, 0.2) is 0 Å². The molecule has 0 radical (unpaired) electrons. The lowest BCUT2D eigenvalue weighted by atomic mass is 10.0. The molecule has 0 bridgehead atoms. The van der Waals surface area contributed by atoms with Gasteiger partial charge in [-0.2, -0.15) is 0 Å². The first-order chi connectivity index (χ1) is 9.97. The Hall–Kier alpha value is -2.02. The second-order valence-electron chi connectivity index (χ2n) is 4.90. The van der Waals surface area contributed by atoms with Crippen molar-refractivity contribution in [3.05, 3.63) is 29.3 Å². The summed E-state index contributed by atoms with van der Waals surface area (Å²) in [5.74, 6) is -3.81. The van der Waals surface area contributed by atoms with E-state index >= 15 is 0 Å². The number of ether oxygens (including phenoxy) is 1. The number of hydrogen-bond donors (Lipinski definition) is 2. The minimum atomic E-state index is -1.26. The van der Waals surface area contributed by atoms with Crippen LogP contribution in [0.4, 0.5) is 14.5 Å². The van der Waals surface area contributed by atoms with Gasteiger partial charge in [-0.05, 0) is 18.9 Å². The van der Waals surface area contributed by atoms with E-state index in [-0.39, 0.29) is 23.8 Å². The molecule has 0 spiro atoms. The highest BCUT2D eigenvalue weighted by Gasteiger charge is 2.23. The average molecular weight is 299 g/mol. The van der Waals surface area contributed by atoms with Gasteiger partial charge in [-0.1, -0.05) is 0 Å². The Balaban J connectivity index is 2.11. The number of aliphatic carboxylic acids is 1. The van der Waals surface area contributed by atoms with Crippen LogP contribution in [0.2, 0.25) is 0 Å².